The summed E-state index contributed by atoms with van der Waals surface area (Å²) in [5, 5.41) is 9.77. The van der Waals surface area contributed by atoms with Gasteiger partial charge in [0.2, 0.25) is 0 Å². The van der Waals surface area contributed by atoms with Crippen LogP contribution in [-0.4, -0.2) is 29.2 Å². The highest BCUT2D eigenvalue weighted by atomic mass is 19.1. The zero-order valence-electron chi connectivity index (χ0n) is 14.9. The van der Waals surface area contributed by atoms with Gasteiger partial charge in [-0.15, -0.1) is 0 Å². The molecular weight excluding hydrogens is 305 g/mol. The van der Waals surface area contributed by atoms with E-state index >= 15 is 0 Å². The van der Waals surface area contributed by atoms with Crippen molar-refractivity contribution in [1.82, 2.24) is 16.0 Å². The number of nitrogens with one attached hydrogen (secondary N) is 3. The Morgan fingerprint density at radius 1 is 1.17 bits per heavy atom. The van der Waals surface area contributed by atoms with Crippen molar-refractivity contribution >= 4 is 6.03 Å². The van der Waals surface area contributed by atoms with Gasteiger partial charge in [-0.25, -0.2) is 9.18 Å². The number of amides is 2. The molecule has 1 aliphatic carbocycles. The van der Waals surface area contributed by atoms with Crippen LogP contribution in [0.3, 0.4) is 0 Å². The lowest BCUT2D eigenvalue weighted by molar-refractivity contribution is 0.147. The second-order valence-corrected chi connectivity index (χ2v) is 8.62. The summed E-state index contributed by atoms with van der Waals surface area (Å²) in [6, 6.07) is 6.79. The number of carbonyl (C=O) groups is 1. The van der Waals surface area contributed by atoms with Crippen molar-refractivity contribution in [1.29, 1.82) is 0 Å². The van der Waals surface area contributed by atoms with Crippen molar-refractivity contribution in [2.75, 3.05) is 0 Å². The minimum Gasteiger partial charge on any atom is -0.335 e. The van der Waals surface area contributed by atoms with Crippen LogP contribution in [0.5, 0.6) is 0 Å². The third-order valence-corrected chi connectivity index (χ3v) is 4.91. The van der Waals surface area contributed by atoms with Gasteiger partial charge in [0.05, 0.1) is 0 Å². The fourth-order valence-corrected chi connectivity index (χ4v) is 4.28. The molecule has 3 N–H and O–H groups in total. The van der Waals surface area contributed by atoms with Crippen LogP contribution in [0.15, 0.2) is 24.3 Å². The Kier molecular flexibility index (Phi) is 4.32. The number of piperidine rings is 1. The van der Waals surface area contributed by atoms with E-state index in [-0.39, 0.29) is 40.9 Å². The van der Waals surface area contributed by atoms with Crippen molar-refractivity contribution in [2.24, 2.45) is 0 Å². The number of benzene rings is 1. The van der Waals surface area contributed by atoms with Crippen LogP contribution in [0.4, 0.5) is 9.18 Å². The maximum Gasteiger partial charge on any atom is 0.315 e. The summed E-state index contributed by atoms with van der Waals surface area (Å²) in [6.45, 7) is 8.67. The molecule has 24 heavy (non-hydrogen) atoms. The van der Waals surface area contributed by atoms with E-state index in [9.17, 15) is 9.18 Å². The van der Waals surface area contributed by atoms with Crippen LogP contribution in [0.25, 0.3) is 0 Å². The molecule has 2 fully saturated rings. The van der Waals surface area contributed by atoms with Gasteiger partial charge in [-0.05, 0) is 64.7 Å². The summed E-state index contributed by atoms with van der Waals surface area (Å²) in [5.41, 5.74) is 0.969. The molecule has 1 saturated carbocycles. The average molecular weight is 333 g/mol. The molecule has 4 nitrogen and oxygen atoms in total. The van der Waals surface area contributed by atoms with E-state index in [0.29, 0.717) is 0 Å². The van der Waals surface area contributed by atoms with E-state index in [1.165, 1.54) is 6.07 Å². The molecule has 0 unspecified atom stereocenters. The van der Waals surface area contributed by atoms with E-state index in [4.69, 9.17) is 0 Å². The molecule has 5 heteroatoms. The van der Waals surface area contributed by atoms with Gasteiger partial charge in [-0.1, -0.05) is 12.1 Å². The molecule has 132 valence electrons. The van der Waals surface area contributed by atoms with Crippen LogP contribution >= 0.6 is 0 Å². The van der Waals surface area contributed by atoms with Gasteiger partial charge >= 0.3 is 6.03 Å². The SMILES string of the molecule is CC1(C)CC(NC(=O)N[C@H]2C[C@H]2c2cccc(F)c2)CC(C)(C)N1. The first-order chi connectivity index (χ1) is 11.1. The topological polar surface area (TPSA) is 53.2 Å². The van der Waals surface area contributed by atoms with E-state index < -0.39 is 0 Å². The largest absolute Gasteiger partial charge is 0.335 e. The quantitative estimate of drug-likeness (QED) is 0.795. The zero-order valence-corrected chi connectivity index (χ0v) is 14.9. The molecule has 1 heterocycles. The third-order valence-electron chi connectivity index (χ3n) is 4.91. The van der Waals surface area contributed by atoms with Gasteiger partial charge in [0, 0.05) is 29.1 Å². The number of halogens is 1. The van der Waals surface area contributed by atoms with Crippen LogP contribution < -0.4 is 16.0 Å². The Bertz CT molecular complexity index is 613. The lowest BCUT2D eigenvalue weighted by Gasteiger charge is -2.46. The highest BCUT2D eigenvalue weighted by Gasteiger charge is 2.41. The minimum atomic E-state index is -0.221. The molecule has 0 spiro atoms. The number of rotatable bonds is 3. The second-order valence-electron chi connectivity index (χ2n) is 8.62. The molecule has 1 aliphatic heterocycles. The molecule has 0 aromatic heterocycles. The van der Waals surface area contributed by atoms with E-state index in [2.05, 4.69) is 43.6 Å². The molecule has 2 atom stereocenters. The van der Waals surface area contributed by atoms with E-state index in [1.807, 2.05) is 6.07 Å². The Labute approximate surface area is 143 Å². The summed E-state index contributed by atoms with van der Waals surface area (Å²) >= 11 is 0. The fourth-order valence-electron chi connectivity index (χ4n) is 4.28. The standard InChI is InChI=1S/C19H28FN3O/c1-18(2)10-14(11-19(3,4)23-18)21-17(24)22-16-9-15(16)12-6-5-7-13(20)8-12/h5-8,14-16,23H,9-11H2,1-4H3,(H2,21,22,24)/t15-,16-/m0/s1. The lowest BCUT2D eigenvalue weighted by atomic mass is 9.80. The molecule has 2 amide bonds. The highest BCUT2D eigenvalue weighted by molar-refractivity contribution is 5.75. The molecule has 3 rings (SSSR count). The Morgan fingerprint density at radius 2 is 1.83 bits per heavy atom. The Morgan fingerprint density at radius 3 is 2.46 bits per heavy atom. The van der Waals surface area contributed by atoms with Crippen molar-refractivity contribution in [3.8, 4) is 0 Å². The maximum atomic E-state index is 13.3. The van der Waals surface area contributed by atoms with E-state index in [0.717, 1.165) is 24.8 Å². The maximum absolute atomic E-state index is 13.3. The van der Waals surface area contributed by atoms with Crippen molar-refractivity contribution < 1.29 is 9.18 Å². The summed E-state index contributed by atoms with van der Waals surface area (Å²) in [4.78, 5) is 12.3. The monoisotopic (exact) mass is 333 g/mol. The number of hydrogen-bond acceptors (Lipinski definition) is 2. The molecular formula is C19H28FN3O. The van der Waals surface area contributed by atoms with Gasteiger partial charge < -0.3 is 16.0 Å². The first-order valence-corrected chi connectivity index (χ1v) is 8.75. The number of carbonyl (C=O) groups excluding carboxylic acids is 1. The van der Waals surface area contributed by atoms with Gasteiger partial charge in [0.25, 0.3) is 0 Å². The molecule has 0 radical (unpaired) electrons. The molecule has 1 saturated heterocycles. The van der Waals surface area contributed by atoms with Gasteiger partial charge in [0.1, 0.15) is 5.82 Å². The number of hydrogen-bond donors (Lipinski definition) is 3. The van der Waals surface area contributed by atoms with Crippen molar-refractivity contribution in [3.05, 3.63) is 35.6 Å². The third kappa shape index (κ3) is 4.26. The summed E-state index contributed by atoms with van der Waals surface area (Å²) in [5.74, 6) is 0.00845. The molecule has 0 bridgehead atoms. The summed E-state index contributed by atoms with van der Waals surface area (Å²) in [7, 11) is 0. The minimum absolute atomic E-state index is 0.00335. The van der Waals surface area contributed by atoms with Crippen molar-refractivity contribution in [3.63, 3.8) is 0 Å². The average Bonchev–Trinajstić information content (AvgIpc) is 3.13. The number of urea groups is 1. The summed E-state index contributed by atoms with van der Waals surface area (Å²) < 4.78 is 13.3. The van der Waals surface area contributed by atoms with Gasteiger partial charge in [-0.3, -0.25) is 0 Å². The molecule has 1 aromatic rings. The normalized spacial score (nSPS) is 28.2. The Hall–Kier alpha value is -1.62. The molecule has 2 aliphatic rings. The molecule has 1 aromatic carbocycles. The predicted molar refractivity (Wildman–Crippen MR) is 93.5 cm³/mol. The highest BCUT2D eigenvalue weighted by Crippen LogP contribution is 2.40. The lowest BCUT2D eigenvalue weighted by Crippen LogP contribution is -2.62. The van der Waals surface area contributed by atoms with Crippen LogP contribution in [-0.2, 0) is 0 Å². The second kappa shape index (κ2) is 6.03. The predicted octanol–water partition coefficient (Wildman–Crippen LogP) is 3.29. The van der Waals surface area contributed by atoms with E-state index in [1.54, 1.807) is 12.1 Å². The van der Waals surface area contributed by atoms with Crippen molar-refractivity contribution in [2.45, 2.75) is 76.0 Å². The van der Waals surface area contributed by atoms with Gasteiger partial charge in [0.15, 0.2) is 0 Å². The first kappa shape index (κ1) is 17.2. The zero-order chi connectivity index (χ0) is 17.5. The van der Waals surface area contributed by atoms with Crippen LogP contribution in [0, 0.1) is 5.82 Å². The smallest absolute Gasteiger partial charge is 0.315 e. The first-order valence-electron chi connectivity index (χ1n) is 8.75. The fraction of sp³-hybridized carbons (Fsp3) is 0.632. The van der Waals surface area contributed by atoms with Crippen LogP contribution in [0.2, 0.25) is 0 Å². The van der Waals surface area contributed by atoms with Gasteiger partial charge in [-0.2, -0.15) is 0 Å². The Balaban J connectivity index is 1.52. The van der Waals surface area contributed by atoms with Crippen LogP contribution in [0.1, 0.15) is 58.4 Å². The summed E-state index contributed by atoms with van der Waals surface area (Å²) in [6.07, 6.45) is 2.68.